The van der Waals surface area contributed by atoms with Crippen LogP contribution in [0.4, 0.5) is 0 Å². The Morgan fingerprint density at radius 3 is 1.70 bits per heavy atom. The maximum atomic E-state index is 9.38. The molecule has 1 heteroatoms. The number of hydrogen-bond acceptors (Lipinski definition) is 1. The predicted molar refractivity (Wildman–Crippen MR) is 99.1 cm³/mol. The van der Waals surface area contributed by atoms with Gasteiger partial charge in [0.1, 0.15) is 5.75 Å². The second-order valence-corrected chi connectivity index (χ2v) is 8.42. The van der Waals surface area contributed by atoms with Crippen molar-refractivity contribution in [2.75, 3.05) is 0 Å². The summed E-state index contributed by atoms with van der Waals surface area (Å²) in [5.74, 6) is 0.312. The SMILES string of the molecule is CC(C)(C)c1cc(C[CH]c2ccc(O)cc2)cc(C(C)(C)C)c1. The number of rotatable bonds is 3. The second kappa shape index (κ2) is 6.39. The van der Waals surface area contributed by atoms with Crippen molar-refractivity contribution in [3.05, 3.63) is 71.1 Å². The minimum Gasteiger partial charge on any atom is -0.508 e. The van der Waals surface area contributed by atoms with E-state index in [1.807, 2.05) is 12.1 Å². The van der Waals surface area contributed by atoms with E-state index >= 15 is 0 Å². The lowest BCUT2D eigenvalue weighted by Crippen LogP contribution is -2.17. The molecule has 0 aliphatic heterocycles. The summed E-state index contributed by atoms with van der Waals surface area (Å²) < 4.78 is 0. The molecule has 1 nitrogen and oxygen atoms in total. The lowest BCUT2D eigenvalue weighted by molar-refractivity contribution is 0.475. The molecule has 123 valence electrons. The first-order valence-electron chi connectivity index (χ1n) is 8.33. The van der Waals surface area contributed by atoms with Gasteiger partial charge in [-0.1, -0.05) is 71.9 Å². The Morgan fingerprint density at radius 1 is 0.783 bits per heavy atom. The molecule has 1 N–H and O–H groups in total. The Morgan fingerprint density at radius 2 is 1.26 bits per heavy atom. The van der Waals surface area contributed by atoms with E-state index < -0.39 is 0 Å². The summed E-state index contributed by atoms with van der Waals surface area (Å²) in [5, 5.41) is 9.38. The van der Waals surface area contributed by atoms with Crippen molar-refractivity contribution in [2.24, 2.45) is 0 Å². The van der Waals surface area contributed by atoms with Crippen LogP contribution in [-0.4, -0.2) is 5.11 Å². The number of hydrogen-bond donors (Lipinski definition) is 1. The van der Waals surface area contributed by atoms with Crippen LogP contribution in [0.25, 0.3) is 0 Å². The standard InChI is InChI=1S/C22H29O/c1-21(2,3)18-13-17(14-19(15-18)22(4,5)6)8-7-16-9-11-20(23)12-10-16/h7,9-15,23H,8H2,1-6H3. The topological polar surface area (TPSA) is 20.2 Å². The van der Waals surface area contributed by atoms with Crippen molar-refractivity contribution in [3.8, 4) is 5.75 Å². The highest BCUT2D eigenvalue weighted by Gasteiger charge is 2.20. The van der Waals surface area contributed by atoms with Gasteiger partial charge in [-0.05, 0) is 58.1 Å². The minimum atomic E-state index is 0.147. The normalized spacial score (nSPS) is 12.4. The molecule has 0 heterocycles. The van der Waals surface area contributed by atoms with Gasteiger partial charge in [0.05, 0.1) is 0 Å². The second-order valence-electron chi connectivity index (χ2n) is 8.42. The average molecular weight is 309 g/mol. The van der Waals surface area contributed by atoms with Gasteiger partial charge in [0.25, 0.3) is 0 Å². The lowest BCUT2D eigenvalue weighted by Gasteiger charge is -2.26. The van der Waals surface area contributed by atoms with Gasteiger partial charge in [-0.2, -0.15) is 0 Å². The largest absolute Gasteiger partial charge is 0.508 e. The molecular weight excluding hydrogens is 280 g/mol. The first kappa shape index (κ1) is 17.6. The Kier molecular flexibility index (Phi) is 4.89. The molecule has 0 bridgehead atoms. The maximum absolute atomic E-state index is 9.38. The van der Waals surface area contributed by atoms with E-state index in [9.17, 15) is 5.11 Å². The molecule has 0 aromatic heterocycles. The van der Waals surface area contributed by atoms with Crippen molar-refractivity contribution in [3.63, 3.8) is 0 Å². The molecule has 0 aliphatic carbocycles. The molecular formula is C22H29O. The fourth-order valence-corrected chi connectivity index (χ4v) is 2.52. The summed E-state index contributed by atoms with van der Waals surface area (Å²) >= 11 is 0. The van der Waals surface area contributed by atoms with Crippen LogP contribution in [0, 0.1) is 6.42 Å². The fourth-order valence-electron chi connectivity index (χ4n) is 2.52. The van der Waals surface area contributed by atoms with E-state index in [0.29, 0.717) is 5.75 Å². The smallest absolute Gasteiger partial charge is 0.115 e. The molecule has 0 amide bonds. The zero-order valence-electron chi connectivity index (χ0n) is 15.3. The third-order valence-corrected chi connectivity index (χ3v) is 4.19. The number of benzene rings is 2. The quantitative estimate of drug-likeness (QED) is 0.761. The van der Waals surface area contributed by atoms with Gasteiger partial charge >= 0.3 is 0 Å². The molecule has 0 spiro atoms. The highest BCUT2D eigenvalue weighted by atomic mass is 16.3. The third kappa shape index (κ3) is 4.86. The molecule has 0 saturated carbocycles. The van der Waals surface area contributed by atoms with E-state index in [4.69, 9.17) is 0 Å². The Hall–Kier alpha value is -1.76. The van der Waals surface area contributed by atoms with Crippen LogP contribution < -0.4 is 0 Å². The number of phenolic OH excluding ortho intramolecular Hbond substituents is 1. The fraction of sp³-hybridized carbons (Fsp3) is 0.409. The highest BCUT2D eigenvalue weighted by molar-refractivity contribution is 5.39. The van der Waals surface area contributed by atoms with Gasteiger partial charge < -0.3 is 5.11 Å². The van der Waals surface area contributed by atoms with Crippen LogP contribution in [0.3, 0.4) is 0 Å². The molecule has 0 fully saturated rings. The number of aromatic hydroxyl groups is 1. The maximum Gasteiger partial charge on any atom is 0.115 e. The van der Waals surface area contributed by atoms with Crippen molar-refractivity contribution < 1.29 is 5.11 Å². The van der Waals surface area contributed by atoms with Crippen LogP contribution in [0.5, 0.6) is 5.75 Å². The van der Waals surface area contributed by atoms with Gasteiger partial charge in [0, 0.05) is 0 Å². The van der Waals surface area contributed by atoms with Crippen molar-refractivity contribution in [1.82, 2.24) is 0 Å². The molecule has 2 aromatic carbocycles. The molecule has 0 atom stereocenters. The van der Waals surface area contributed by atoms with Crippen LogP contribution in [0.15, 0.2) is 42.5 Å². The van der Waals surface area contributed by atoms with Gasteiger partial charge in [0.15, 0.2) is 0 Å². The Labute approximate surface area is 141 Å². The van der Waals surface area contributed by atoms with Crippen molar-refractivity contribution in [1.29, 1.82) is 0 Å². The van der Waals surface area contributed by atoms with E-state index in [-0.39, 0.29) is 10.8 Å². The van der Waals surface area contributed by atoms with Crippen molar-refractivity contribution in [2.45, 2.75) is 58.8 Å². The Bertz CT molecular complexity index is 620. The van der Waals surface area contributed by atoms with Crippen LogP contribution in [-0.2, 0) is 17.3 Å². The number of phenols is 1. The van der Waals surface area contributed by atoms with Crippen LogP contribution in [0.2, 0.25) is 0 Å². The van der Waals surface area contributed by atoms with Gasteiger partial charge in [-0.3, -0.25) is 0 Å². The summed E-state index contributed by atoms with van der Waals surface area (Å²) in [6.45, 7) is 13.6. The first-order valence-corrected chi connectivity index (χ1v) is 8.33. The van der Waals surface area contributed by atoms with Crippen molar-refractivity contribution >= 4 is 0 Å². The summed E-state index contributed by atoms with van der Waals surface area (Å²) in [6, 6.07) is 14.4. The molecule has 23 heavy (non-hydrogen) atoms. The summed E-state index contributed by atoms with van der Waals surface area (Å²) in [5.41, 5.74) is 5.55. The predicted octanol–water partition coefficient (Wildman–Crippen LogP) is 5.78. The third-order valence-electron chi connectivity index (χ3n) is 4.19. The monoisotopic (exact) mass is 309 g/mol. The molecule has 2 rings (SSSR count). The summed E-state index contributed by atoms with van der Waals surface area (Å²) in [7, 11) is 0. The highest BCUT2D eigenvalue weighted by Crippen LogP contribution is 2.31. The van der Waals surface area contributed by atoms with E-state index in [1.165, 1.54) is 16.7 Å². The molecule has 0 unspecified atom stereocenters. The summed E-state index contributed by atoms with van der Waals surface area (Å²) in [4.78, 5) is 0. The van der Waals surface area contributed by atoms with Crippen LogP contribution >= 0.6 is 0 Å². The minimum absolute atomic E-state index is 0.147. The average Bonchev–Trinajstić information content (AvgIpc) is 2.44. The zero-order valence-corrected chi connectivity index (χ0v) is 15.3. The lowest BCUT2D eigenvalue weighted by atomic mass is 9.79. The van der Waals surface area contributed by atoms with Gasteiger partial charge in [-0.25, -0.2) is 0 Å². The van der Waals surface area contributed by atoms with E-state index in [2.05, 4.69) is 66.2 Å². The van der Waals surface area contributed by atoms with Gasteiger partial charge in [-0.15, -0.1) is 0 Å². The van der Waals surface area contributed by atoms with Gasteiger partial charge in [0.2, 0.25) is 0 Å². The van der Waals surface area contributed by atoms with E-state index in [1.54, 1.807) is 12.1 Å². The molecule has 0 saturated heterocycles. The van der Waals surface area contributed by atoms with Crippen LogP contribution in [0.1, 0.15) is 63.8 Å². The zero-order chi connectivity index (χ0) is 17.3. The first-order chi connectivity index (χ1) is 10.6. The molecule has 2 aromatic rings. The summed E-state index contributed by atoms with van der Waals surface area (Å²) in [6.07, 6.45) is 3.12. The Balaban J connectivity index is 2.28. The molecule has 0 aliphatic rings. The molecule has 1 radical (unpaired) electrons. The van der Waals surface area contributed by atoms with E-state index in [0.717, 1.165) is 12.0 Å².